The number of aromatic hydroxyl groups is 1. The van der Waals surface area contributed by atoms with E-state index in [1.807, 2.05) is 17.9 Å². The zero-order valence-electron chi connectivity index (χ0n) is 11.1. The number of hydrogen-bond donors (Lipinski definition) is 1. The van der Waals surface area contributed by atoms with Crippen molar-refractivity contribution in [1.29, 1.82) is 0 Å². The maximum absolute atomic E-state index is 13.9. The molecule has 0 aliphatic carbocycles. The lowest BCUT2D eigenvalue weighted by atomic mass is 9.94. The summed E-state index contributed by atoms with van der Waals surface area (Å²) in [6.45, 7) is 2.55. The Labute approximate surface area is 116 Å². The monoisotopic (exact) mass is 275 g/mol. The van der Waals surface area contributed by atoms with Crippen LogP contribution in [-0.4, -0.2) is 11.1 Å². The van der Waals surface area contributed by atoms with Crippen LogP contribution in [0.2, 0.25) is 0 Å². The standard InChI is InChI=1S/C16H15F2NO/c1-10-6-12-7-14(20)4-2-11(12)9-19(10)16-5-3-13(17)8-15(16)18/h2-5,7-8,10,20H,6,9H2,1H3. The second-order valence-corrected chi connectivity index (χ2v) is 5.23. The average molecular weight is 275 g/mol. The first-order valence-electron chi connectivity index (χ1n) is 6.57. The first-order chi connectivity index (χ1) is 9.54. The highest BCUT2D eigenvalue weighted by atomic mass is 19.1. The summed E-state index contributed by atoms with van der Waals surface area (Å²) in [6.07, 6.45) is 0.723. The minimum Gasteiger partial charge on any atom is -0.508 e. The van der Waals surface area contributed by atoms with Crippen LogP contribution in [0.5, 0.6) is 5.75 Å². The Kier molecular flexibility index (Phi) is 3.08. The topological polar surface area (TPSA) is 23.5 Å². The molecular weight excluding hydrogens is 260 g/mol. The van der Waals surface area contributed by atoms with Gasteiger partial charge in [0.2, 0.25) is 0 Å². The van der Waals surface area contributed by atoms with Gasteiger partial charge < -0.3 is 10.0 Å². The molecule has 0 aromatic heterocycles. The fourth-order valence-electron chi connectivity index (χ4n) is 2.76. The van der Waals surface area contributed by atoms with E-state index >= 15 is 0 Å². The van der Waals surface area contributed by atoms with E-state index in [-0.39, 0.29) is 11.8 Å². The van der Waals surface area contributed by atoms with Crippen LogP contribution in [0.15, 0.2) is 36.4 Å². The molecule has 2 aromatic carbocycles. The lowest BCUT2D eigenvalue weighted by Gasteiger charge is -2.37. The molecule has 1 heterocycles. The van der Waals surface area contributed by atoms with Gasteiger partial charge in [0.25, 0.3) is 0 Å². The molecule has 1 atom stereocenters. The number of rotatable bonds is 1. The molecule has 0 amide bonds. The summed E-state index contributed by atoms with van der Waals surface area (Å²) in [6, 6.07) is 8.99. The molecule has 0 saturated heterocycles. The van der Waals surface area contributed by atoms with Crippen molar-refractivity contribution in [2.75, 3.05) is 4.90 Å². The molecule has 0 fully saturated rings. The van der Waals surface area contributed by atoms with Gasteiger partial charge in [0.15, 0.2) is 0 Å². The van der Waals surface area contributed by atoms with Crippen molar-refractivity contribution in [3.8, 4) is 5.75 Å². The molecule has 104 valence electrons. The Hall–Kier alpha value is -2.10. The van der Waals surface area contributed by atoms with Crippen molar-refractivity contribution in [3.05, 3.63) is 59.2 Å². The largest absolute Gasteiger partial charge is 0.508 e. The number of nitrogens with zero attached hydrogens (tertiary/aromatic N) is 1. The summed E-state index contributed by atoms with van der Waals surface area (Å²) < 4.78 is 26.9. The minimum absolute atomic E-state index is 0.0873. The average Bonchev–Trinajstić information content (AvgIpc) is 2.38. The molecule has 2 aromatic rings. The summed E-state index contributed by atoms with van der Waals surface area (Å²) in [4.78, 5) is 1.92. The Morgan fingerprint density at radius 2 is 1.90 bits per heavy atom. The fraction of sp³-hybridized carbons (Fsp3) is 0.250. The number of anilines is 1. The molecule has 0 radical (unpaired) electrons. The van der Waals surface area contributed by atoms with Crippen molar-refractivity contribution in [2.24, 2.45) is 0 Å². The van der Waals surface area contributed by atoms with E-state index in [2.05, 4.69) is 0 Å². The van der Waals surface area contributed by atoms with E-state index < -0.39 is 11.6 Å². The van der Waals surface area contributed by atoms with Gasteiger partial charge in [0.05, 0.1) is 5.69 Å². The second kappa shape index (κ2) is 4.78. The van der Waals surface area contributed by atoms with E-state index in [1.165, 1.54) is 12.1 Å². The van der Waals surface area contributed by atoms with Gasteiger partial charge in [-0.3, -0.25) is 0 Å². The maximum Gasteiger partial charge on any atom is 0.149 e. The van der Waals surface area contributed by atoms with Crippen molar-refractivity contribution in [3.63, 3.8) is 0 Å². The fourth-order valence-corrected chi connectivity index (χ4v) is 2.76. The SMILES string of the molecule is CC1Cc2cc(O)ccc2CN1c1ccc(F)cc1F. The van der Waals surface area contributed by atoms with Crippen LogP contribution < -0.4 is 4.90 Å². The molecule has 0 spiro atoms. The summed E-state index contributed by atoms with van der Waals surface area (Å²) in [5, 5.41) is 9.52. The number of benzene rings is 2. The highest BCUT2D eigenvalue weighted by Crippen LogP contribution is 2.31. The maximum atomic E-state index is 13.9. The number of halogens is 2. The van der Waals surface area contributed by atoms with Crippen LogP contribution >= 0.6 is 0 Å². The lowest BCUT2D eigenvalue weighted by Crippen LogP contribution is -2.38. The van der Waals surface area contributed by atoms with E-state index in [0.29, 0.717) is 12.2 Å². The molecule has 3 rings (SSSR count). The Morgan fingerprint density at radius 1 is 1.10 bits per heavy atom. The van der Waals surface area contributed by atoms with Crippen LogP contribution in [0, 0.1) is 11.6 Å². The molecule has 1 aliphatic heterocycles. The summed E-state index contributed by atoms with van der Waals surface area (Å²) in [5.74, 6) is -0.863. The highest BCUT2D eigenvalue weighted by Gasteiger charge is 2.25. The number of phenolic OH excluding ortho intramolecular Hbond substituents is 1. The number of fused-ring (bicyclic) bond motifs is 1. The molecule has 20 heavy (non-hydrogen) atoms. The van der Waals surface area contributed by atoms with Crippen molar-refractivity contribution < 1.29 is 13.9 Å². The summed E-state index contributed by atoms with van der Waals surface area (Å²) in [5.41, 5.74) is 2.55. The smallest absolute Gasteiger partial charge is 0.149 e. The molecule has 2 nitrogen and oxygen atoms in total. The lowest BCUT2D eigenvalue weighted by molar-refractivity contribution is 0.472. The third-order valence-corrected chi connectivity index (χ3v) is 3.80. The molecule has 1 aliphatic rings. The molecule has 1 N–H and O–H groups in total. The minimum atomic E-state index is -0.568. The summed E-state index contributed by atoms with van der Waals surface area (Å²) in [7, 11) is 0. The normalized spacial score (nSPS) is 17.9. The van der Waals surface area contributed by atoms with Gasteiger partial charge in [-0.25, -0.2) is 8.78 Å². The quantitative estimate of drug-likeness (QED) is 0.859. The van der Waals surface area contributed by atoms with Gasteiger partial charge in [-0.1, -0.05) is 6.07 Å². The van der Waals surface area contributed by atoms with Crippen molar-refractivity contribution >= 4 is 5.69 Å². The van der Waals surface area contributed by atoms with Gasteiger partial charge in [0, 0.05) is 18.7 Å². The first kappa shape index (κ1) is 12.9. The molecule has 1 unspecified atom stereocenters. The van der Waals surface area contributed by atoms with E-state index in [9.17, 15) is 13.9 Å². The number of phenols is 1. The summed E-state index contributed by atoms with van der Waals surface area (Å²) >= 11 is 0. The molecule has 0 bridgehead atoms. The zero-order chi connectivity index (χ0) is 14.3. The Bertz CT molecular complexity index is 657. The Balaban J connectivity index is 1.98. The third kappa shape index (κ3) is 2.22. The van der Waals surface area contributed by atoms with Gasteiger partial charge in [-0.05, 0) is 48.7 Å². The Morgan fingerprint density at radius 3 is 2.65 bits per heavy atom. The van der Waals surface area contributed by atoms with Gasteiger partial charge in [-0.15, -0.1) is 0 Å². The van der Waals surface area contributed by atoms with Crippen molar-refractivity contribution in [1.82, 2.24) is 0 Å². The zero-order valence-corrected chi connectivity index (χ0v) is 11.1. The van der Waals surface area contributed by atoms with Gasteiger partial charge >= 0.3 is 0 Å². The van der Waals surface area contributed by atoms with Gasteiger partial charge in [-0.2, -0.15) is 0 Å². The van der Waals surface area contributed by atoms with Crippen molar-refractivity contribution in [2.45, 2.75) is 25.9 Å². The van der Waals surface area contributed by atoms with Crippen LogP contribution in [0.25, 0.3) is 0 Å². The molecular formula is C16H15F2NO. The second-order valence-electron chi connectivity index (χ2n) is 5.23. The third-order valence-electron chi connectivity index (χ3n) is 3.80. The molecule has 4 heteroatoms. The molecule has 0 saturated carbocycles. The van der Waals surface area contributed by atoms with Crippen LogP contribution in [0.4, 0.5) is 14.5 Å². The highest BCUT2D eigenvalue weighted by molar-refractivity contribution is 5.52. The number of hydrogen-bond acceptors (Lipinski definition) is 2. The van der Waals surface area contributed by atoms with Crippen LogP contribution in [0.3, 0.4) is 0 Å². The van der Waals surface area contributed by atoms with E-state index in [4.69, 9.17) is 0 Å². The predicted octanol–water partition coefficient (Wildman–Crippen LogP) is 3.62. The van der Waals surface area contributed by atoms with E-state index in [1.54, 1.807) is 12.1 Å². The van der Waals surface area contributed by atoms with Crippen LogP contribution in [-0.2, 0) is 13.0 Å². The van der Waals surface area contributed by atoms with E-state index in [0.717, 1.165) is 23.6 Å². The predicted molar refractivity (Wildman–Crippen MR) is 73.8 cm³/mol. The van der Waals surface area contributed by atoms with Crippen LogP contribution in [0.1, 0.15) is 18.1 Å². The van der Waals surface area contributed by atoms with Gasteiger partial charge in [0.1, 0.15) is 17.4 Å². The first-order valence-corrected chi connectivity index (χ1v) is 6.57.